The molecule has 3 aliphatic heterocycles. The Hall–Kier alpha value is -4.06. The topological polar surface area (TPSA) is 210 Å². The van der Waals surface area contributed by atoms with Gasteiger partial charge in [-0.1, -0.05) is 71.1 Å². The summed E-state index contributed by atoms with van der Waals surface area (Å²) in [6, 6.07) is -0.990. The van der Waals surface area contributed by atoms with Crippen LogP contribution in [0.3, 0.4) is 0 Å². The van der Waals surface area contributed by atoms with Gasteiger partial charge in [0.05, 0.1) is 30.4 Å². The standard InChI is InChI=1S/C53H81N5O11/c1-32-16-12-11-13-17-33(2)46(66-8)30-41-21-19-38(7)53(65,69-41)51(63)52(64)57-23-15-14-18-42(57)45(60)29-40(34(3)26-39-20-22-43(47(27-39)67-9)58-55-31-54-56-58)28-44(59)35(4)25-37(6)49(62)50(68-10)48(61)36(5)24-32/h11-13,16-17,25,31-32,34-36,38-43,46-47,49-50,62,65H,14-15,18-24,26-30H2,1-10H3/b13-11+,16-12+,33-17+,37-25+/t32-,34-,35-,36-,38-,39+,40-,41+,42+,43+,46+,47-,49-,50+,53-/m1/s1. The van der Waals surface area contributed by atoms with Crippen LogP contribution in [0.4, 0.5) is 0 Å². The summed E-state index contributed by atoms with van der Waals surface area (Å²) < 4.78 is 23.6. The summed E-state index contributed by atoms with van der Waals surface area (Å²) in [6.45, 7) is 13.2. The number of ketones is 4. The van der Waals surface area contributed by atoms with Crippen molar-refractivity contribution < 1.29 is 53.1 Å². The number of aliphatic hydroxyl groups is 2. The maximum absolute atomic E-state index is 14.7. The first-order valence-electron chi connectivity index (χ1n) is 25.4. The average molecular weight is 964 g/mol. The molecule has 0 spiro atoms. The molecule has 4 aliphatic rings. The number of nitrogens with zero attached hydrogens (tertiary/aromatic N) is 5. The monoisotopic (exact) mass is 964 g/mol. The molecular weight excluding hydrogens is 883 g/mol. The lowest BCUT2D eigenvalue weighted by atomic mass is 9.73. The van der Waals surface area contributed by atoms with Crippen LogP contribution < -0.4 is 0 Å². The third kappa shape index (κ3) is 14.3. The molecule has 384 valence electrons. The van der Waals surface area contributed by atoms with Gasteiger partial charge in [0.15, 0.2) is 17.9 Å². The molecule has 1 saturated carbocycles. The fourth-order valence-electron chi connectivity index (χ4n) is 11.2. The molecule has 3 fully saturated rings. The quantitative estimate of drug-likeness (QED) is 0.215. The SMILES string of the molecule is CO[C@H]1C[C@@H]2CC[C@@H](C)[C@@](O)(O2)C(=O)C(=O)N2CCCC[C@H]2C(=O)C[C@H]([C@H](C)C[C@@H]2CC[C@H](n3ncnn3)[C@H](OC)C2)CC(=O)[C@H](C)/C=C(\C)[C@@H](O)[C@@H](OC)C(=O)[C@H](C)C[C@H](C)/C=C/C=C/C=C/1C. The van der Waals surface area contributed by atoms with Crippen molar-refractivity contribution in [3.63, 3.8) is 0 Å². The van der Waals surface area contributed by atoms with Gasteiger partial charge in [0.1, 0.15) is 18.0 Å². The van der Waals surface area contributed by atoms with Gasteiger partial charge >= 0.3 is 0 Å². The number of aliphatic hydroxyl groups excluding tert-OH is 1. The Morgan fingerprint density at radius 2 is 1.59 bits per heavy atom. The summed E-state index contributed by atoms with van der Waals surface area (Å²) in [6.07, 6.45) is 15.7. The van der Waals surface area contributed by atoms with Crippen LogP contribution in [0.15, 0.2) is 53.9 Å². The van der Waals surface area contributed by atoms with Crippen molar-refractivity contribution in [2.24, 2.45) is 41.4 Å². The number of Topliss-reactive ketones (excluding diaryl/α,β-unsaturated/α-hetero) is 4. The lowest BCUT2D eigenvalue weighted by molar-refractivity contribution is -0.265. The second-order valence-corrected chi connectivity index (χ2v) is 20.8. The van der Waals surface area contributed by atoms with Gasteiger partial charge in [0.2, 0.25) is 5.79 Å². The van der Waals surface area contributed by atoms with E-state index >= 15 is 0 Å². The fourth-order valence-corrected chi connectivity index (χ4v) is 11.2. The van der Waals surface area contributed by atoms with E-state index in [4.69, 9.17) is 18.9 Å². The number of methoxy groups -OCH3 is 3. The molecule has 15 atom stereocenters. The smallest absolute Gasteiger partial charge is 0.296 e. The number of fused-ring (bicyclic) bond motifs is 3. The van der Waals surface area contributed by atoms with Crippen molar-refractivity contribution in [1.29, 1.82) is 0 Å². The number of amides is 1. The number of tetrazole rings is 1. The van der Waals surface area contributed by atoms with Crippen LogP contribution in [0.2, 0.25) is 0 Å². The Morgan fingerprint density at radius 1 is 0.855 bits per heavy atom. The van der Waals surface area contributed by atoms with Gasteiger partial charge in [-0.25, -0.2) is 0 Å². The van der Waals surface area contributed by atoms with Gasteiger partial charge in [-0.05, 0) is 118 Å². The minimum absolute atomic E-state index is 0.00896. The van der Waals surface area contributed by atoms with E-state index in [1.165, 1.54) is 18.3 Å². The number of carbonyl (C=O) groups is 5. The molecule has 16 heteroatoms. The highest BCUT2D eigenvalue weighted by Crippen LogP contribution is 2.40. The minimum atomic E-state index is -2.39. The molecule has 0 radical (unpaired) electrons. The van der Waals surface area contributed by atoms with Crippen LogP contribution in [0, 0.1) is 41.4 Å². The van der Waals surface area contributed by atoms with Crippen molar-refractivity contribution in [2.75, 3.05) is 27.9 Å². The number of hydrogen-bond donors (Lipinski definition) is 2. The van der Waals surface area contributed by atoms with Crippen molar-refractivity contribution in [1.82, 2.24) is 25.1 Å². The molecule has 0 aromatic carbocycles. The Balaban J connectivity index is 1.46. The summed E-state index contributed by atoms with van der Waals surface area (Å²) in [5, 5.41) is 35.8. The van der Waals surface area contributed by atoms with E-state index in [1.807, 2.05) is 51.2 Å². The largest absolute Gasteiger partial charge is 0.386 e. The Morgan fingerprint density at radius 3 is 2.28 bits per heavy atom. The fraction of sp³-hybridized carbons (Fsp3) is 0.736. The Bertz CT molecular complexity index is 2020. The number of rotatable bonds is 7. The molecule has 4 heterocycles. The zero-order valence-corrected chi connectivity index (χ0v) is 42.8. The number of piperidine rings is 1. The number of allylic oxidation sites excluding steroid dienone is 6. The third-order valence-electron chi connectivity index (χ3n) is 15.7. The second kappa shape index (κ2) is 25.9. The first-order chi connectivity index (χ1) is 32.8. The van der Waals surface area contributed by atoms with E-state index in [9.17, 15) is 34.2 Å². The molecule has 1 aromatic heterocycles. The number of carbonyl (C=O) groups excluding carboxylic acids is 5. The van der Waals surface area contributed by atoms with Crippen LogP contribution >= 0.6 is 0 Å². The van der Waals surface area contributed by atoms with Gasteiger partial charge in [0.25, 0.3) is 11.7 Å². The van der Waals surface area contributed by atoms with Crippen LogP contribution in [0.5, 0.6) is 0 Å². The molecule has 1 amide bonds. The molecule has 1 aliphatic carbocycles. The first kappa shape index (κ1) is 55.9. The molecule has 5 rings (SSSR count). The van der Waals surface area contributed by atoms with Gasteiger partial charge < -0.3 is 34.1 Å². The number of hydrogen-bond acceptors (Lipinski definition) is 14. The molecule has 1 aromatic rings. The molecule has 2 N–H and O–H groups in total. The van der Waals surface area contributed by atoms with Gasteiger partial charge in [-0.2, -0.15) is 4.80 Å². The maximum atomic E-state index is 14.7. The van der Waals surface area contributed by atoms with Crippen molar-refractivity contribution >= 4 is 29.0 Å². The highest BCUT2D eigenvalue weighted by molar-refractivity contribution is 6.39. The number of aromatic nitrogens is 4. The lowest BCUT2D eigenvalue weighted by Crippen LogP contribution is -2.60. The molecular formula is C53H81N5O11. The highest BCUT2D eigenvalue weighted by atomic mass is 16.6. The normalized spacial score (nSPS) is 38.9. The molecule has 69 heavy (non-hydrogen) atoms. The Kier molecular flexibility index (Phi) is 20.9. The average Bonchev–Trinajstić information content (AvgIpc) is 3.88. The highest BCUT2D eigenvalue weighted by Gasteiger charge is 2.53. The summed E-state index contributed by atoms with van der Waals surface area (Å²) in [7, 11) is 4.67. The van der Waals surface area contributed by atoms with E-state index in [2.05, 4.69) is 22.3 Å². The Labute approximate surface area is 409 Å². The zero-order chi connectivity index (χ0) is 50.6. The minimum Gasteiger partial charge on any atom is -0.386 e. The molecule has 2 bridgehead atoms. The van der Waals surface area contributed by atoms with E-state index in [1.54, 1.807) is 45.9 Å². The van der Waals surface area contributed by atoms with Gasteiger partial charge in [0, 0.05) is 64.9 Å². The van der Waals surface area contributed by atoms with Crippen LogP contribution in [-0.2, 0) is 42.9 Å². The summed E-state index contributed by atoms with van der Waals surface area (Å²) in [5.74, 6) is -7.10. The molecule has 16 nitrogen and oxygen atoms in total. The van der Waals surface area contributed by atoms with Gasteiger partial charge in [-0.3, -0.25) is 24.0 Å². The predicted octanol–water partition coefficient (Wildman–Crippen LogP) is 6.71. The lowest BCUT2D eigenvalue weighted by Gasteiger charge is -2.43. The maximum Gasteiger partial charge on any atom is 0.296 e. The first-order valence-corrected chi connectivity index (χ1v) is 25.4. The van der Waals surface area contributed by atoms with E-state index < -0.39 is 71.6 Å². The van der Waals surface area contributed by atoms with Crippen LogP contribution in [-0.4, -0.2) is 135 Å². The van der Waals surface area contributed by atoms with Crippen LogP contribution in [0.1, 0.15) is 138 Å². The summed E-state index contributed by atoms with van der Waals surface area (Å²) in [5.41, 5.74) is 1.32. The van der Waals surface area contributed by atoms with Crippen molar-refractivity contribution in [2.45, 2.75) is 180 Å². The van der Waals surface area contributed by atoms with Gasteiger partial charge in [-0.15, -0.1) is 10.2 Å². The second-order valence-electron chi connectivity index (χ2n) is 20.8. The summed E-state index contributed by atoms with van der Waals surface area (Å²) >= 11 is 0. The van der Waals surface area contributed by atoms with Crippen molar-refractivity contribution in [3.05, 3.63) is 53.9 Å². The predicted molar refractivity (Wildman–Crippen MR) is 259 cm³/mol. The van der Waals surface area contributed by atoms with E-state index in [0.717, 1.165) is 24.8 Å². The third-order valence-corrected chi connectivity index (χ3v) is 15.7. The van der Waals surface area contributed by atoms with E-state index in [0.29, 0.717) is 56.9 Å². The van der Waals surface area contributed by atoms with E-state index in [-0.39, 0.29) is 66.6 Å². The summed E-state index contributed by atoms with van der Waals surface area (Å²) in [4.78, 5) is 74.4. The molecule has 2 saturated heterocycles. The van der Waals surface area contributed by atoms with Crippen LogP contribution in [0.25, 0.3) is 0 Å². The van der Waals surface area contributed by atoms with Crippen molar-refractivity contribution in [3.8, 4) is 0 Å². The molecule has 0 unspecified atom stereocenters. The number of ether oxygens (including phenoxy) is 4. The zero-order valence-electron chi connectivity index (χ0n) is 42.8.